The number of carbonyl (C=O) groups excluding carboxylic acids is 1. The molecule has 0 unspecified atom stereocenters. The van der Waals surface area contributed by atoms with Crippen molar-refractivity contribution in [2.45, 2.75) is 19.9 Å². The van der Waals surface area contributed by atoms with Crippen molar-refractivity contribution in [2.75, 3.05) is 11.9 Å². The van der Waals surface area contributed by atoms with Crippen LogP contribution in [0.1, 0.15) is 19.4 Å². The zero-order chi connectivity index (χ0) is 12.0. The SMILES string of the molecule is CC(C)NC(=O)CNc1cnccc1C#N. The molecule has 16 heavy (non-hydrogen) atoms. The van der Waals surface area contributed by atoms with E-state index in [-0.39, 0.29) is 18.5 Å². The number of anilines is 1. The maximum Gasteiger partial charge on any atom is 0.239 e. The smallest absolute Gasteiger partial charge is 0.239 e. The maximum atomic E-state index is 11.3. The van der Waals surface area contributed by atoms with Gasteiger partial charge in [-0.15, -0.1) is 0 Å². The van der Waals surface area contributed by atoms with Crippen molar-refractivity contribution in [2.24, 2.45) is 0 Å². The Hall–Kier alpha value is -2.09. The third-order valence-corrected chi connectivity index (χ3v) is 1.83. The molecule has 0 aliphatic carbocycles. The lowest BCUT2D eigenvalue weighted by atomic mass is 10.2. The van der Waals surface area contributed by atoms with Gasteiger partial charge < -0.3 is 10.6 Å². The molecule has 0 spiro atoms. The van der Waals surface area contributed by atoms with Crippen LogP contribution in [0.4, 0.5) is 5.69 Å². The van der Waals surface area contributed by atoms with Crippen LogP contribution in [-0.2, 0) is 4.79 Å². The van der Waals surface area contributed by atoms with Gasteiger partial charge in [0.2, 0.25) is 5.91 Å². The van der Waals surface area contributed by atoms with Gasteiger partial charge in [0.15, 0.2) is 0 Å². The third kappa shape index (κ3) is 3.58. The number of rotatable bonds is 4. The van der Waals surface area contributed by atoms with E-state index in [2.05, 4.69) is 15.6 Å². The van der Waals surface area contributed by atoms with Gasteiger partial charge in [-0.05, 0) is 19.9 Å². The molecule has 0 atom stereocenters. The zero-order valence-corrected chi connectivity index (χ0v) is 9.32. The van der Waals surface area contributed by atoms with Gasteiger partial charge in [-0.3, -0.25) is 9.78 Å². The maximum absolute atomic E-state index is 11.3. The molecule has 0 saturated carbocycles. The van der Waals surface area contributed by atoms with Gasteiger partial charge in [0, 0.05) is 12.2 Å². The van der Waals surface area contributed by atoms with Crippen LogP contribution in [0.25, 0.3) is 0 Å². The van der Waals surface area contributed by atoms with E-state index in [0.29, 0.717) is 11.3 Å². The van der Waals surface area contributed by atoms with Crippen LogP contribution >= 0.6 is 0 Å². The fourth-order valence-corrected chi connectivity index (χ4v) is 1.18. The minimum atomic E-state index is -0.109. The highest BCUT2D eigenvalue weighted by Crippen LogP contribution is 2.10. The second-order valence-electron chi connectivity index (χ2n) is 3.61. The molecule has 0 saturated heterocycles. The van der Waals surface area contributed by atoms with Crippen LogP contribution in [0.5, 0.6) is 0 Å². The summed E-state index contributed by atoms with van der Waals surface area (Å²) < 4.78 is 0. The number of nitriles is 1. The fraction of sp³-hybridized carbons (Fsp3) is 0.364. The molecule has 1 heterocycles. The topological polar surface area (TPSA) is 77.8 Å². The van der Waals surface area contributed by atoms with Gasteiger partial charge in [-0.2, -0.15) is 5.26 Å². The average molecular weight is 218 g/mol. The van der Waals surface area contributed by atoms with Crippen LogP contribution in [0, 0.1) is 11.3 Å². The van der Waals surface area contributed by atoms with Crippen molar-refractivity contribution in [1.82, 2.24) is 10.3 Å². The van der Waals surface area contributed by atoms with Gasteiger partial charge in [-0.25, -0.2) is 0 Å². The fourth-order valence-electron chi connectivity index (χ4n) is 1.18. The van der Waals surface area contributed by atoms with Crippen molar-refractivity contribution in [3.05, 3.63) is 24.0 Å². The van der Waals surface area contributed by atoms with E-state index in [1.807, 2.05) is 19.9 Å². The molecule has 2 N–H and O–H groups in total. The molecule has 5 nitrogen and oxygen atoms in total. The van der Waals surface area contributed by atoms with E-state index in [9.17, 15) is 4.79 Å². The summed E-state index contributed by atoms with van der Waals surface area (Å²) in [6, 6.07) is 3.74. The van der Waals surface area contributed by atoms with Crippen LogP contribution in [-0.4, -0.2) is 23.5 Å². The van der Waals surface area contributed by atoms with Crippen molar-refractivity contribution >= 4 is 11.6 Å². The highest BCUT2D eigenvalue weighted by atomic mass is 16.1. The van der Waals surface area contributed by atoms with E-state index >= 15 is 0 Å². The van der Waals surface area contributed by atoms with Gasteiger partial charge >= 0.3 is 0 Å². The number of nitrogens with zero attached hydrogens (tertiary/aromatic N) is 2. The second-order valence-corrected chi connectivity index (χ2v) is 3.61. The Bertz CT molecular complexity index is 409. The van der Waals surface area contributed by atoms with Crippen LogP contribution in [0.3, 0.4) is 0 Å². The summed E-state index contributed by atoms with van der Waals surface area (Å²) in [5, 5.41) is 14.4. The minimum Gasteiger partial charge on any atom is -0.374 e. The number of nitrogens with one attached hydrogen (secondary N) is 2. The molecule has 0 fully saturated rings. The zero-order valence-electron chi connectivity index (χ0n) is 9.32. The molecule has 84 valence electrons. The Morgan fingerprint density at radius 3 is 3.00 bits per heavy atom. The van der Waals surface area contributed by atoms with Gasteiger partial charge in [0.1, 0.15) is 6.07 Å². The third-order valence-electron chi connectivity index (χ3n) is 1.83. The van der Waals surface area contributed by atoms with Crippen molar-refractivity contribution in [3.8, 4) is 6.07 Å². The monoisotopic (exact) mass is 218 g/mol. The van der Waals surface area contributed by atoms with Gasteiger partial charge in [0.25, 0.3) is 0 Å². The predicted molar refractivity (Wildman–Crippen MR) is 60.7 cm³/mol. The van der Waals surface area contributed by atoms with Crippen LogP contribution in [0.2, 0.25) is 0 Å². The summed E-state index contributed by atoms with van der Waals surface area (Å²) >= 11 is 0. The molecule has 1 amide bonds. The number of hydrogen-bond acceptors (Lipinski definition) is 4. The summed E-state index contributed by atoms with van der Waals surface area (Å²) in [6.07, 6.45) is 3.07. The van der Waals surface area contributed by atoms with Gasteiger partial charge in [-0.1, -0.05) is 0 Å². The lowest BCUT2D eigenvalue weighted by molar-refractivity contribution is -0.119. The Labute approximate surface area is 94.5 Å². The Morgan fingerprint density at radius 1 is 1.62 bits per heavy atom. The lowest BCUT2D eigenvalue weighted by Gasteiger charge is -2.10. The number of carbonyl (C=O) groups is 1. The van der Waals surface area contributed by atoms with Crippen LogP contribution in [0.15, 0.2) is 18.5 Å². The largest absolute Gasteiger partial charge is 0.374 e. The first kappa shape index (κ1) is 12.0. The van der Waals surface area contributed by atoms with Crippen molar-refractivity contribution in [3.63, 3.8) is 0 Å². The molecule has 0 aliphatic heterocycles. The minimum absolute atomic E-state index is 0.109. The van der Waals surface area contributed by atoms with E-state index < -0.39 is 0 Å². The molecule has 1 aromatic rings. The summed E-state index contributed by atoms with van der Waals surface area (Å²) in [4.78, 5) is 15.2. The van der Waals surface area contributed by atoms with E-state index in [1.54, 1.807) is 6.07 Å². The van der Waals surface area contributed by atoms with Crippen molar-refractivity contribution < 1.29 is 4.79 Å². The summed E-state index contributed by atoms with van der Waals surface area (Å²) in [5.41, 5.74) is 1.05. The first-order valence-corrected chi connectivity index (χ1v) is 5.01. The predicted octanol–water partition coefficient (Wildman–Crippen LogP) is 0.890. The summed E-state index contributed by atoms with van der Waals surface area (Å²) in [7, 11) is 0. The van der Waals surface area contributed by atoms with Crippen molar-refractivity contribution in [1.29, 1.82) is 5.26 Å². The summed E-state index contributed by atoms with van der Waals surface area (Å²) in [5.74, 6) is -0.109. The Kier molecular flexibility index (Phi) is 4.28. The lowest BCUT2D eigenvalue weighted by Crippen LogP contribution is -2.34. The Balaban J connectivity index is 2.55. The van der Waals surface area contributed by atoms with E-state index in [4.69, 9.17) is 5.26 Å². The molecule has 0 radical (unpaired) electrons. The number of pyridine rings is 1. The van der Waals surface area contributed by atoms with Crippen LogP contribution < -0.4 is 10.6 Å². The van der Waals surface area contributed by atoms with E-state index in [1.165, 1.54) is 12.4 Å². The molecule has 0 aromatic carbocycles. The number of aromatic nitrogens is 1. The summed E-state index contributed by atoms with van der Waals surface area (Å²) in [6.45, 7) is 3.92. The van der Waals surface area contributed by atoms with E-state index in [0.717, 1.165) is 0 Å². The second kappa shape index (κ2) is 5.71. The first-order valence-electron chi connectivity index (χ1n) is 5.01. The molecule has 0 bridgehead atoms. The number of amides is 1. The Morgan fingerprint density at radius 2 is 2.38 bits per heavy atom. The standard InChI is InChI=1S/C11H14N4O/c1-8(2)15-11(16)7-14-10-6-13-4-3-9(10)5-12/h3-4,6,8,14H,7H2,1-2H3,(H,15,16). The molecular formula is C11H14N4O. The molecule has 5 heteroatoms. The average Bonchev–Trinajstić information content (AvgIpc) is 2.26. The van der Waals surface area contributed by atoms with Gasteiger partial charge in [0.05, 0.1) is 24.0 Å². The normalized spacial score (nSPS) is 9.62. The highest BCUT2D eigenvalue weighted by Gasteiger charge is 2.05. The molecular weight excluding hydrogens is 204 g/mol. The molecule has 1 aromatic heterocycles. The highest BCUT2D eigenvalue weighted by molar-refractivity contribution is 5.81. The number of hydrogen-bond donors (Lipinski definition) is 2. The molecule has 0 aliphatic rings. The first-order chi connectivity index (χ1) is 7.63. The molecule has 1 rings (SSSR count). The quantitative estimate of drug-likeness (QED) is 0.786.